The normalized spacial score (nSPS) is 18.4. The first-order valence-electron chi connectivity index (χ1n) is 6.18. The van der Waals surface area contributed by atoms with E-state index in [0.717, 1.165) is 0 Å². The van der Waals surface area contributed by atoms with Gasteiger partial charge in [0.2, 0.25) is 5.91 Å². The number of nitrogens with one attached hydrogen (secondary N) is 2. The summed E-state index contributed by atoms with van der Waals surface area (Å²) in [6.45, 7) is 4.00. The van der Waals surface area contributed by atoms with Gasteiger partial charge in [0.05, 0.1) is 6.20 Å². The molecule has 106 valence electrons. The van der Waals surface area contributed by atoms with Crippen molar-refractivity contribution in [2.75, 3.05) is 13.1 Å². The number of aromatic nitrogens is 2. The summed E-state index contributed by atoms with van der Waals surface area (Å²) < 4.78 is 26.0. The minimum Gasteiger partial charge on any atom is -0.354 e. The number of H-pyrrole nitrogens is 1. The Bertz CT molecular complexity index is 558. The SMILES string of the molecule is CC(=O)NC1CCN(S(=O)(=O)c2cnc(C)[nH]2)CC1. The monoisotopic (exact) mass is 286 g/mol. The van der Waals surface area contributed by atoms with Crippen molar-refractivity contribution in [3.8, 4) is 0 Å². The zero-order valence-electron chi connectivity index (χ0n) is 11.0. The number of hydrogen-bond acceptors (Lipinski definition) is 4. The van der Waals surface area contributed by atoms with Crippen LogP contribution in [-0.2, 0) is 14.8 Å². The number of aryl methyl sites for hydroxylation is 1. The third-order valence-electron chi connectivity index (χ3n) is 3.16. The molecular formula is C11H18N4O3S. The minimum atomic E-state index is -3.49. The number of sulfonamides is 1. The van der Waals surface area contributed by atoms with Crippen molar-refractivity contribution in [3.63, 3.8) is 0 Å². The van der Waals surface area contributed by atoms with Gasteiger partial charge in [0, 0.05) is 26.1 Å². The highest BCUT2D eigenvalue weighted by Gasteiger charge is 2.30. The molecule has 19 heavy (non-hydrogen) atoms. The zero-order valence-corrected chi connectivity index (χ0v) is 11.8. The summed E-state index contributed by atoms with van der Waals surface area (Å²) in [5.41, 5.74) is 0. The lowest BCUT2D eigenvalue weighted by Crippen LogP contribution is -2.46. The highest BCUT2D eigenvalue weighted by molar-refractivity contribution is 7.89. The van der Waals surface area contributed by atoms with Gasteiger partial charge in [-0.25, -0.2) is 13.4 Å². The summed E-state index contributed by atoms with van der Waals surface area (Å²) in [6, 6.07) is 0.0625. The van der Waals surface area contributed by atoms with Crippen molar-refractivity contribution in [2.24, 2.45) is 0 Å². The lowest BCUT2D eigenvalue weighted by Gasteiger charge is -2.30. The number of aromatic amines is 1. The number of piperidine rings is 1. The maximum absolute atomic E-state index is 12.3. The molecule has 0 radical (unpaired) electrons. The summed E-state index contributed by atoms with van der Waals surface area (Å²) >= 11 is 0. The van der Waals surface area contributed by atoms with E-state index in [4.69, 9.17) is 0 Å². The van der Waals surface area contributed by atoms with Crippen LogP contribution < -0.4 is 5.32 Å². The van der Waals surface area contributed by atoms with Crippen molar-refractivity contribution >= 4 is 15.9 Å². The van der Waals surface area contributed by atoms with Crippen LogP contribution in [0.2, 0.25) is 0 Å². The maximum atomic E-state index is 12.3. The molecule has 2 N–H and O–H groups in total. The molecular weight excluding hydrogens is 268 g/mol. The van der Waals surface area contributed by atoms with Gasteiger partial charge in [-0.05, 0) is 19.8 Å². The fourth-order valence-electron chi connectivity index (χ4n) is 2.20. The van der Waals surface area contributed by atoms with Crippen LogP contribution in [0, 0.1) is 6.92 Å². The molecule has 0 aliphatic carbocycles. The van der Waals surface area contributed by atoms with Gasteiger partial charge in [-0.15, -0.1) is 0 Å². The van der Waals surface area contributed by atoms with E-state index in [9.17, 15) is 13.2 Å². The van der Waals surface area contributed by atoms with Crippen molar-refractivity contribution in [3.05, 3.63) is 12.0 Å². The first-order valence-corrected chi connectivity index (χ1v) is 7.62. The first-order chi connectivity index (χ1) is 8.89. The molecule has 8 heteroatoms. The highest BCUT2D eigenvalue weighted by atomic mass is 32.2. The van der Waals surface area contributed by atoms with Crippen LogP contribution in [0.25, 0.3) is 0 Å². The van der Waals surface area contributed by atoms with Crippen LogP contribution in [0.4, 0.5) is 0 Å². The molecule has 1 aromatic rings. The topological polar surface area (TPSA) is 95.2 Å². The summed E-state index contributed by atoms with van der Waals surface area (Å²) in [5, 5.41) is 2.94. The predicted octanol–water partition coefficient (Wildman–Crippen LogP) is 0.00732. The third-order valence-corrected chi connectivity index (χ3v) is 4.97. The second-order valence-corrected chi connectivity index (χ2v) is 6.62. The molecule has 1 aromatic heterocycles. The Labute approximate surface area is 112 Å². The number of imidazole rings is 1. The molecule has 0 unspecified atom stereocenters. The number of rotatable bonds is 3. The van der Waals surface area contributed by atoms with E-state index in [1.54, 1.807) is 6.92 Å². The molecule has 0 spiro atoms. The van der Waals surface area contributed by atoms with Crippen LogP contribution in [0.15, 0.2) is 11.2 Å². The lowest BCUT2D eigenvalue weighted by molar-refractivity contribution is -0.119. The van der Waals surface area contributed by atoms with Gasteiger partial charge < -0.3 is 10.3 Å². The number of nitrogens with zero attached hydrogens (tertiary/aromatic N) is 2. The van der Waals surface area contributed by atoms with Gasteiger partial charge in [0.1, 0.15) is 5.82 Å². The van der Waals surface area contributed by atoms with E-state index in [0.29, 0.717) is 31.8 Å². The smallest absolute Gasteiger partial charge is 0.260 e. The Hall–Kier alpha value is -1.41. The molecule has 1 saturated heterocycles. The minimum absolute atomic E-state index is 0.0625. The van der Waals surface area contributed by atoms with Gasteiger partial charge in [0.15, 0.2) is 5.03 Å². The fraction of sp³-hybridized carbons (Fsp3) is 0.636. The summed E-state index contributed by atoms with van der Waals surface area (Å²) in [6.07, 6.45) is 2.60. The molecule has 2 rings (SSSR count). The molecule has 0 saturated carbocycles. The molecule has 1 amide bonds. The summed E-state index contributed by atoms with van der Waals surface area (Å²) in [7, 11) is -3.49. The van der Waals surface area contributed by atoms with Crippen LogP contribution in [-0.4, -0.2) is 47.7 Å². The van der Waals surface area contributed by atoms with Gasteiger partial charge in [0.25, 0.3) is 10.0 Å². The molecule has 1 fully saturated rings. The van der Waals surface area contributed by atoms with Crippen LogP contribution >= 0.6 is 0 Å². The lowest BCUT2D eigenvalue weighted by atomic mass is 10.1. The van der Waals surface area contributed by atoms with E-state index in [1.807, 2.05) is 0 Å². The second kappa shape index (κ2) is 5.30. The van der Waals surface area contributed by atoms with Crippen LogP contribution in [0.3, 0.4) is 0 Å². The molecule has 1 aliphatic heterocycles. The summed E-state index contributed by atoms with van der Waals surface area (Å²) in [4.78, 5) is 17.6. The number of hydrogen-bond donors (Lipinski definition) is 2. The zero-order chi connectivity index (χ0) is 14.0. The number of carbonyl (C=O) groups excluding carboxylic acids is 1. The Morgan fingerprint density at radius 3 is 2.58 bits per heavy atom. The fourth-order valence-corrected chi connectivity index (χ4v) is 3.63. The van der Waals surface area contributed by atoms with Crippen molar-refractivity contribution in [2.45, 2.75) is 37.8 Å². The quantitative estimate of drug-likeness (QED) is 0.818. The number of carbonyl (C=O) groups is 1. The van der Waals surface area contributed by atoms with Crippen molar-refractivity contribution < 1.29 is 13.2 Å². The van der Waals surface area contributed by atoms with Gasteiger partial charge in [-0.3, -0.25) is 4.79 Å². The molecule has 2 heterocycles. The summed E-state index contributed by atoms with van der Waals surface area (Å²) in [5.74, 6) is 0.497. The Kier molecular flexibility index (Phi) is 3.91. The molecule has 1 aliphatic rings. The van der Waals surface area contributed by atoms with E-state index in [-0.39, 0.29) is 17.0 Å². The van der Waals surface area contributed by atoms with E-state index >= 15 is 0 Å². The number of amides is 1. The molecule has 7 nitrogen and oxygen atoms in total. The Morgan fingerprint density at radius 2 is 2.11 bits per heavy atom. The van der Waals surface area contributed by atoms with Crippen molar-refractivity contribution in [1.82, 2.24) is 19.6 Å². The van der Waals surface area contributed by atoms with E-state index < -0.39 is 10.0 Å². The molecule has 0 bridgehead atoms. The standard InChI is InChI=1S/C11H18N4O3S/c1-8-12-7-11(13-8)19(17,18)15-5-3-10(4-6-15)14-9(2)16/h7,10H,3-6H2,1-2H3,(H,12,13)(H,14,16). The third kappa shape index (κ3) is 3.13. The maximum Gasteiger partial charge on any atom is 0.260 e. The molecule has 0 aromatic carbocycles. The van der Waals surface area contributed by atoms with Gasteiger partial charge in [-0.1, -0.05) is 0 Å². The first kappa shape index (κ1) is 14.0. The van der Waals surface area contributed by atoms with Crippen molar-refractivity contribution in [1.29, 1.82) is 0 Å². The van der Waals surface area contributed by atoms with Gasteiger partial charge >= 0.3 is 0 Å². The molecule has 0 atom stereocenters. The predicted molar refractivity (Wildman–Crippen MR) is 68.9 cm³/mol. The Balaban J connectivity index is 2.03. The highest BCUT2D eigenvalue weighted by Crippen LogP contribution is 2.19. The average Bonchev–Trinajstić information content (AvgIpc) is 2.76. The van der Waals surface area contributed by atoms with Crippen LogP contribution in [0.1, 0.15) is 25.6 Å². The van der Waals surface area contributed by atoms with Gasteiger partial charge in [-0.2, -0.15) is 4.31 Å². The van der Waals surface area contributed by atoms with Crippen LogP contribution in [0.5, 0.6) is 0 Å². The van der Waals surface area contributed by atoms with E-state index in [2.05, 4.69) is 15.3 Å². The van der Waals surface area contributed by atoms with E-state index in [1.165, 1.54) is 17.4 Å². The largest absolute Gasteiger partial charge is 0.354 e. The average molecular weight is 286 g/mol. The second-order valence-electron chi connectivity index (χ2n) is 4.71. The Morgan fingerprint density at radius 1 is 1.47 bits per heavy atom.